The van der Waals surface area contributed by atoms with Gasteiger partial charge in [-0.25, -0.2) is 8.42 Å². The lowest BCUT2D eigenvalue weighted by atomic mass is 10.1. The molecule has 0 radical (unpaired) electrons. The molecular formula is C19H34N4O2S. The van der Waals surface area contributed by atoms with E-state index in [1.165, 1.54) is 17.4 Å². The summed E-state index contributed by atoms with van der Waals surface area (Å²) in [6.07, 6.45) is 1.82. The van der Waals surface area contributed by atoms with Gasteiger partial charge in [-0.15, -0.1) is 0 Å². The topological polar surface area (TPSA) is 73.8 Å². The Morgan fingerprint density at radius 3 is 2.23 bits per heavy atom. The molecule has 0 heterocycles. The lowest BCUT2D eigenvalue weighted by Crippen LogP contribution is -2.42. The SMILES string of the molecule is CCN(CC)Cc1ccc(CNC(=NC)NC(C)CCS(C)(=O)=O)cc1. The lowest BCUT2D eigenvalue weighted by molar-refractivity contribution is 0.296. The smallest absolute Gasteiger partial charge is 0.191 e. The standard InChI is InChI=1S/C19H34N4O2S/c1-6-23(7-2)15-18-10-8-17(9-11-18)14-21-19(20-4)22-16(3)12-13-26(5,24)25/h8-11,16H,6-7,12-15H2,1-5H3,(H2,20,21,22). The summed E-state index contributed by atoms with van der Waals surface area (Å²) in [6, 6.07) is 8.63. The summed E-state index contributed by atoms with van der Waals surface area (Å²) < 4.78 is 22.5. The van der Waals surface area contributed by atoms with E-state index in [1.807, 2.05) is 6.92 Å². The van der Waals surface area contributed by atoms with Gasteiger partial charge >= 0.3 is 0 Å². The first-order chi connectivity index (χ1) is 12.3. The van der Waals surface area contributed by atoms with Gasteiger partial charge in [-0.05, 0) is 37.6 Å². The third-order valence-electron chi connectivity index (χ3n) is 4.31. The van der Waals surface area contributed by atoms with E-state index in [1.54, 1.807) is 7.05 Å². The number of nitrogens with one attached hydrogen (secondary N) is 2. The van der Waals surface area contributed by atoms with Crippen molar-refractivity contribution in [3.05, 3.63) is 35.4 Å². The molecule has 0 bridgehead atoms. The van der Waals surface area contributed by atoms with E-state index < -0.39 is 9.84 Å². The number of aliphatic imine (C=N–C) groups is 1. The molecule has 26 heavy (non-hydrogen) atoms. The second-order valence-corrected chi connectivity index (χ2v) is 8.93. The van der Waals surface area contributed by atoms with Crippen LogP contribution in [0.15, 0.2) is 29.3 Å². The van der Waals surface area contributed by atoms with Gasteiger partial charge in [0.2, 0.25) is 0 Å². The molecule has 1 aromatic rings. The van der Waals surface area contributed by atoms with E-state index in [-0.39, 0.29) is 11.8 Å². The molecule has 0 amide bonds. The molecule has 1 atom stereocenters. The Bertz CT molecular complexity index is 653. The number of benzene rings is 1. The number of sulfone groups is 1. The summed E-state index contributed by atoms with van der Waals surface area (Å²) in [7, 11) is -1.22. The summed E-state index contributed by atoms with van der Waals surface area (Å²) in [4.78, 5) is 6.59. The molecule has 148 valence electrons. The number of nitrogens with zero attached hydrogens (tertiary/aromatic N) is 2. The van der Waals surface area contributed by atoms with Gasteiger partial charge < -0.3 is 10.6 Å². The largest absolute Gasteiger partial charge is 0.354 e. The van der Waals surface area contributed by atoms with Crippen molar-refractivity contribution in [3.8, 4) is 0 Å². The molecule has 2 N–H and O–H groups in total. The van der Waals surface area contributed by atoms with Crippen molar-refractivity contribution >= 4 is 15.8 Å². The average molecular weight is 383 g/mol. The second-order valence-electron chi connectivity index (χ2n) is 6.67. The Kier molecular flexibility index (Phi) is 9.65. The van der Waals surface area contributed by atoms with E-state index >= 15 is 0 Å². The zero-order valence-corrected chi connectivity index (χ0v) is 17.6. The fourth-order valence-corrected chi connectivity index (χ4v) is 3.33. The molecule has 7 heteroatoms. The molecule has 0 spiro atoms. The molecule has 1 aromatic carbocycles. The van der Waals surface area contributed by atoms with Crippen LogP contribution in [0.5, 0.6) is 0 Å². The van der Waals surface area contributed by atoms with Gasteiger partial charge in [0.1, 0.15) is 9.84 Å². The molecule has 6 nitrogen and oxygen atoms in total. The van der Waals surface area contributed by atoms with Crippen LogP contribution in [0.4, 0.5) is 0 Å². The Labute approximate surface area is 159 Å². The Morgan fingerprint density at radius 1 is 1.15 bits per heavy atom. The van der Waals surface area contributed by atoms with Crippen molar-refractivity contribution in [2.75, 3.05) is 32.1 Å². The van der Waals surface area contributed by atoms with Crippen molar-refractivity contribution in [3.63, 3.8) is 0 Å². The van der Waals surface area contributed by atoms with Gasteiger partial charge in [-0.1, -0.05) is 38.1 Å². The summed E-state index contributed by atoms with van der Waals surface area (Å²) in [6.45, 7) is 10.1. The van der Waals surface area contributed by atoms with Gasteiger partial charge in [0.25, 0.3) is 0 Å². The van der Waals surface area contributed by atoms with Gasteiger partial charge in [-0.2, -0.15) is 0 Å². The molecular weight excluding hydrogens is 348 g/mol. The minimum absolute atomic E-state index is 0.0346. The third kappa shape index (κ3) is 9.20. The van der Waals surface area contributed by atoms with Crippen LogP contribution >= 0.6 is 0 Å². The van der Waals surface area contributed by atoms with Gasteiger partial charge in [0, 0.05) is 32.4 Å². The fourth-order valence-electron chi connectivity index (χ4n) is 2.54. The number of guanidine groups is 1. The van der Waals surface area contributed by atoms with Gasteiger partial charge in [-0.3, -0.25) is 9.89 Å². The van der Waals surface area contributed by atoms with Crippen LogP contribution < -0.4 is 10.6 Å². The van der Waals surface area contributed by atoms with Crippen molar-refractivity contribution in [2.45, 2.75) is 46.3 Å². The molecule has 0 saturated heterocycles. The van der Waals surface area contributed by atoms with E-state index in [9.17, 15) is 8.42 Å². The third-order valence-corrected chi connectivity index (χ3v) is 5.29. The van der Waals surface area contributed by atoms with E-state index in [2.05, 4.69) is 58.6 Å². The van der Waals surface area contributed by atoms with E-state index in [0.717, 1.165) is 19.6 Å². The highest BCUT2D eigenvalue weighted by Gasteiger charge is 2.09. The molecule has 0 aromatic heterocycles. The highest BCUT2D eigenvalue weighted by Crippen LogP contribution is 2.07. The van der Waals surface area contributed by atoms with Crippen molar-refractivity contribution in [2.24, 2.45) is 4.99 Å². The molecule has 0 aliphatic carbocycles. The first-order valence-electron chi connectivity index (χ1n) is 9.22. The number of hydrogen-bond acceptors (Lipinski definition) is 4. The van der Waals surface area contributed by atoms with Gasteiger partial charge in [0.05, 0.1) is 5.75 Å². The number of rotatable bonds is 10. The number of hydrogen-bond donors (Lipinski definition) is 2. The van der Waals surface area contributed by atoms with Crippen molar-refractivity contribution in [1.29, 1.82) is 0 Å². The summed E-state index contributed by atoms with van der Waals surface area (Å²) >= 11 is 0. The Morgan fingerprint density at radius 2 is 1.73 bits per heavy atom. The molecule has 1 rings (SSSR count). The van der Waals surface area contributed by atoms with Crippen LogP contribution in [0, 0.1) is 0 Å². The monoisotopic (exact) mass is 382 g/mol. The molecule has 1 unspecified atom stereocenters. The first-order valence-corrected chi connectivity index (χ1v) is 11.3. The summed E-state index contributed by atoms with van der Waals surface area (Å²) in [5.41, 5.74) is 2.49. The maximum atomic E-state index is 11.3. The van der Waals surface area contributed by atoms with Crippen molar-refractivity contribution < 1.29 is 8.42 Å². The highest BCUT2D eigenvalue weighted by atomic mass is 32.2. The Balaban J connectivity index is 2.48. The highest BCUT2D eigenvalue weighted by molar-refractivity contribution is 7.90. The summed E-state index contributed by atoms with van der Waals surface area (Å²) in [5.74, 6) is 0.852. The minimum Gasteiger partial charge on any atom is -0.354 e. The predicted octanol–water partition coefficient (Wildman–Crippen LogP) is 2.02. The first kappa shape index (κ1) is 22.4. The maximum Gasteiger partial charge on any atom is 0.191 e. The van der Waals surface area contributed by atoms with E-state index in [4.69, 9.17) is 0 Å². The van der Waals surface area contributed by atoms with Crippen LogP contribution in [-0.2, 0) is 22.9 Å². The Hall–Kier alpha value is -1.60. The van der Waals surface area contributed by atoms with Crippen LogP contribution in [0.3, 0.4) is 0 Å². The molecule has 0 aliphatic heterocycles. The predicted molar refractivity (Wildman–Crippen MR) is 110 cm³/mol. The molecule has 0 fully saturated rings. The fraction of sp³-hybridized carbons (Fsp3) is 0.632. The zero-order valence-electron chi connectivity index (χ0n) is 16.7. The van der Waals surface area contributed by atoms with Gasteiger partial charge in [0.15, 0.2) is 5.96 Å². The molecule has 0 saturated carbocycles. The summed E-state index contributed by atoms with van der Waals surface area (Å²) in [5, 5.41) is 6.51. The normalized spacial score (nSPS) is 13.7. The van der Waals surface area contributed by atoms with Crippen molar-refractivity contribution in [1.82, 2.24) is 15.5 Å². The maximum absolute atomic E-state index is 11.3. The second kappa shape index (κ2) is 11.2. The van der Waals surface area contributed by atoms with Crippen LogP contribution in [0.1, 0.15) is 38.3 Å². The quantitative estimate of drug-likeness (QED) is 0.478. The molecule has 0 aliphatic rings. The van der Waals surface area contributed by atoms with E-state index in [0.29, 0.717) is 18.9 Å². The van der Waals surface area contributed by atoms with Crippen LogP contribution in [-0.4, -0.2) is 57.5 Å². The zero-order chi connectivity index (χ0) is 19.6. The minimum atomic E-state index is -2.94. The van der Waals surface area contributed by atoms with Crippen LogP contribution in [0.25, 0.3) is 0 Å². The average Bonchev–Trinajstić information content (AvgIpc) is 2.61. The van der Waals surface area contributed by atoms with Crippen LogP contribution in [0.2, 0.25) is 0 Å². The lowest BCUT2D eigenvalue weighted by Gasteiger charge is -2.19.